The number of ether oxygens (including phenoxy) is 1. The molecule has 1 N–H and O–H groups in total. The maximum absolute atomic E-state index is 13.1. The summed E-state index contributed by atoms with van der Waals surface area (Å²) in [5, 5.41) is 11.2. The number of fused-ring (bicyclic) bond motifs is 1. The molecule has 0 aromatic heterocycles. The number of nitrogens with zero attached hydrogens (tertiary/aromatic N) is 4. The SMILES string of the molecule is Cc1ccccc1OCC(O)CN1C(SCC(=O)c2ccccc2)=NC2C1C(=O)N(C)C(=O)N2C. The predicted octanol–water partition coefficient (Wildman–Crippen LogP) is 2.24. The number of aliphatic hydroxyl groups is 1. The smallest absolute Gasteiger partial charge is 0.328 e. The average Bonchev–Trinajstić information content (AvgIpc) is 3.22. The number of aliphatic imine (C=N–C) groups is 1. The Morgan fingerprint density at radius 2 is 1.80 bits per heavy atom. The second-order valence-electron chi connectivity index (χ2n) is 8.52. The van der Waals surface area contributed by atoms with Gasteiger partial charge in [0.15, 0.2) is 23.2 Å². The lowest BCUT2D eigenvalue weighted by Gasteiger charge is -2.40. The fourth-order valence-electron chi connectivity index (χ4n) is 4.07. The number of thioether (sulfide) groups is 1. The van der Waals surface area contributed by atoms with Crippen LogP contribution < -0.4 is 4.74 Å². The van der Waals surface area contributed by atoms with Gasteiger partial charge in [0, 0.05) is 19.7 Å². The van der Waals surface area contributed by atoms with Gasteiger partial charge in [-0.05, 0) is 18.6 Å². The van der Waals surface area contributed by atoms with Crippen molar-refractivity contribution in [2.75, 3.05) is 33.0 Å². The number of hydrogen-bond acceptors (Lipinski definition) is 8. The first-order chi connectivity index (χ1) is 16.8. The van der Waals surface area contributed by atoms with Gasteiger partial charge < -0.3 is 19.6 Å². The average molecular weight is 497 g/mol. The quantitative estimate of drug-likeness (QED) is 0.559. The Balaban J connectivity index is 1.50. The van der Waals surface area contributed by atoms with E-state index in [9.17, 15) is 19.5 Å². The van der Waals surface area contributed by atoms with Crippen LogP contribution in [0.1, 0.15) is 15.9 Å². The number of rotatable bonds is 8. The molecule has 184 valence electrons. The minimum atomic E-state index is -0.940. The maximum Gasteiger partial charge on any atom is 0.328 e. The summed E-state index contributed by atoms with van der Waals surface area (Å²) < 4.78 is 5.78. The van der Waals surface area contributed by atoms with Gasteiger partial charge in [-0.15, -0.1) is 0 Å². The molecule has 0 bridgehead atoms. The van der Waals surface area contributed by atoms with E-state index in [0.717, 1.165) is 10.5 Å². The summed E-state index contributed by atoms with van der Waals surface area (Å²) in [5.74, 6) is 0.292. The molecule has 0 spiro atoms. The van der Waals surface area contributed by atoms with Crippen molar-refractivity contribution in [2.24, 2.45) is 4.99 Å². The minimum absolute atomic E-state index is 0.0123. The third-order valence-electron chi connectivity index (χ3n) is 6.04. The first-order valence-corrected chi connectivity index (χ1v) is 12.2. The molecule has 9 nitrogen and oxygen atoms in total. The summed E-state index contributed by atoms with van der Waals surface area (Å²) >= 11 is 1.19. The number of para-hydroxylation sites is 1. The van der Waals surface area contributed by atoms with Crippen molar-refractivity contribution >= 4 is 34.7 Å². The fourth-order valence-corrected chi connectivity index (χ4v) is 5.04. The van der Waals surface area contributed by atoms with Crippen LogP contribution in [0.15, 0.2) is 59.6 Å². The van der Waals surface area contributed by atoms with Crippen molar-refractivity contribution in [1.82, 2.24) is 14.7 Å². The highest BCUT2D eigenvalue weighted by Crippen LogP contribution is 2.31. The molecule has 0 radical (unpaired) electrons. The molecular formula is C25H28N4O5S. The minimum Gasteiger partial charge on any atom is -0.491 e. The molecule has 2 aliphatic heterocycles. The molecule has 0 aliphatic carbocycles. The Kier molecular flexibility index (Phi) is 7.42. The van der Waals surface area contributed by atoms with Gasteiger partial charge >= 0.3 is 6.03 Å². The highest BCUT2D eigenvalue weighted by atomic mass is 32.2. The van der Waals surface area contributed by atoms with Gasteiger partial charge in [0.1, 0.15) is 18.5 Å². The first kappa shape index (κ1) is 24.7. The second kappa shape index (κ2) is 10.5. The number of imide groups is 1. The van der Waals surface area contributed by atoms with Crippen LogP contribution in [0.2, 0.25) is 0 Å². The molecule has 2 aliphatic rings. The first-order valence-electron chi connectivity index (χ1n) is 11.2. The third-order valence-corrected chi connectivity index (χ3v) is 7.04. The molecule has 2 aromatic carbocycles. The molecule has 4 rings (SSSR count). The van der Waals surface area contributed by atoms with Crippen molar-refractivity contribution in [1.29, 1.82) is 0 Å². The number of carbonyl (C=O) groups is 3. The number of aryl methyl sites for hydroxylation is 1. The molecule has 3 atom stereocenters. The number of Topliss-reactive ketones (excluding diaryl/α,β-unsaturated/α-hetero) is 1. The fraction of sp³-hybridized carbons (Fsp3) is 0.360. The summed E-state index contributed by atoms with van der Waals surface area (Å²) in [5.41, 5.74) is 1.53. The number of amidine groups is 1. The lowest BCUT2D eigenvalue weighted by molar-refractivity contribution is -0.136. The van der Waals surface area contributed by atoms with E-state index in [1.54, 1.807) is 36.2 Å². The summed E-state index contributed by atoms with van der Waals surface area (Å²) in [6, 6.07) is 15.2. The van der Waals surface area contributed by atoms with Crippen LogP contribution in [0.4, 0.5) is 4.79 Å². The zero-order valence-electron chi connectivity index (χ0n) is 19.8. The van der Waals surface area contributed by atoms with E-state index in [4.69, 9.17) is 4.74 Å². The van der Waals surface area contributed by atoms with Crippen molar-refractivity contribution in [3.05, 3.63) is 65.7 Å². The summed E-state index contributed by atoms with van der Waals surface area (Å²) in [6.07, 6.45) is -1.67. The van der Waals surface area contributed by atoms with Crippen molar-refractivity contribution < 1.29 is 24.2 Å². The van der Waals surface area contributed by atoms with Crippen LogP contribution >= 0.6 is 11.8 Å². The van der Waals surface area contributed by atoms with Gasteiger partial charge in [-0.3, -0.25) is 14.5 Å². The second-order valence-corrected chi connectivity index (χ2v) is 9.46. The number of likely N-dealkylation sites (N-methyl/N-ethyl adjacent to an activating group) is 2. The Morgan fingerprint density at radius 3 is 2.51 bits per heavy atom. The summed E-state index contributed by atoms with van der Waals surface area (Å²) in [6.45, 7) is 1.99. The Morgan fingerprint density at radius 1 is 1.11 bits per heavy atom. The molecule has 2 heterocycles. The molecule has 1 fully saturated rings. The van der Waals surface area contributed by atoms with Crippen LogP contribution in [0, 0.1) is 6.92 Å². The molecule has 3 unspecified atom stereocenters. The van der Waals surface area contributed by atoms with Crippen LogP contribution in [0.25, 0.3) is 0 Å². The van der Waals surface area contributed by atoms with E-state index < -0.39 is 30.2 Å². The Labute approximate surface area is 208 Å². The maximum atomic E-state index is 13.1. The largest absolute Gasteiger partial charge is 0.491 e. The molecule has 10 heteroatoms. The van der Waals surface area contributed by atoms with Gasteiger partial charge in [0.2, 0.25) is 0 Å². The number of aliphatic hydroxyl groups excluding tert-OH is 1. The van der Waals surface area contributed by atoms with Crippen LogP contribution in [0.3, 0.4) is 0 Å². The van der Waals surface area contributed by atoms with E-state index in [1.807, 2.05) is 37.3 Å². The van der Waals surface area contributed by atoms with Crippen molar-refractivity contribution in [2.45, 2.75) is 25.2 Å². The highest BCUT2D eigenvalue weighted by Gasteiger charge is 2.51. The van der Waals surface area contributed by atoms with Crippen LogP contribution in [-0.2, 0) is 4.79 Å². The topological polar surface area (TPSA) is 103 Å². The van der Waals surface area contributed by atoms with E-state index in [2.05, 4.69) is 4.99 Å². The molecule has 2 aromatic rings. The van der Waals surface area contributed by atoms with E-state index >= 15 is 0 Å². The van der Waals surface area contributed by atoms with E-state index in [1.165, 1.54) is 23.7 Å². The standard InChI is InChI=1S/C25H28N4O5S/c1-16-9-7-8-12-20(16)34-14-18(30)13-29-21-22(27(2)25(33)28(3)23(21)32)26-24(29)35-15-19(31)17-10-5-4-6-11-17/h4-12,18,21-22,30H,13-15H2,1-3H3. The zero-order valence-corrected chi connectivity index (χ0v) is 20.6. The van der Waals surface area contributed by atoms with Crippen molar-refractivity contribution in [3.8, 4) is 5.75 Å². The number of amides is 3. The molecule has 3 amide bonds. The normalized spacial score (nSPS) is 20.6. The number of β-amino-alcohol motifs (C(OH)–C–C–N with tert-alkyl or cyclic N) is 1. The van der Waals surface area contributed by atoms with Crippen molar-refractivity contribution in [3.63, 3.8) is 0 Å². The van der Waals surface area contributed by atoms with Gasteiger partial charge in [0.25, 0.3) is 5.91 Å². The van der Waals surface area contributed by atoms with E-state index in [0.29, 0.717) is 16.5 Å². The lowest BCUT2D eigenvalue weighted by atomic mass is 10.1. The Bertz CT molecular complexity index is 1140. The molecular weight excluding hydrogens is 468 g/mol. The van der Waals surface area contributed by atoms with Crippen LogP contribution in [-0.4, -0.2) is 94.0 Å². The lowest BCUT2D eigenvalue weighted by Crippen LogP contribution is -2.64. The number of urea groups is 1. The number of benzene rings is 2. The van der Waals surface area contributed by atoms with Gasteiger partial charge in [-0.25, -0.2) is 9.79 Å². The zero-order chi connectivity index (χ0) is 25.1. The Hall–Kier alpha value is -3.37. The summed E-state index contributed by atoms with van der Waals surface area (Å²) in [4.78, 5) is 47.0. The van der Waals surface area contributed by atoms with E-state index in [-0.39, 0.29) is 24.7 Å². The molecule has 0 saturated carbocycles. The molecule has 1 saturated heterocycles. The number of hydrogen-bond donors (Lipinski definition) is 1. The number of carbonyl (C=O) groups excluding carboxylic acids is 3. The number of ketones is 1. The molecule has 35 heavy (non-hydrogen) atoms. The monoisotopic (exact) mass is 496 g/mol. The third kappa shape index (κ3) is 5.18. The summed E-state index contributed by atoms with van der Waals surface area (Å²) in [7, 11) is 3.02. The van der Waals surface area contributed by atoms with Gasteiger partial charge in [-0.1, -0.05) is 60.3 Å². The predicted molar refractivity (Wildman–Crippen MR) is 134 cm³/mol. The van der Waals surface area contributed by atoms with Gasteiger partial charge in [-0.2, -0.15) is 0 Å². The van der Waals surface area contributed by atoms with Crippen LogP contribution in [0.5, 0.6) is 5.75 Å². The van der Waals surface area contributed by atoms with Gasteiger partial charge in [0.05, 0.1) is 12.3 Å². The highest BCUT2D eigenvalue weighted by molar-refractivity contribution is 8.14.